The summed E-state index contributed by atoms with van der Waals surface area (Å²) in [5.41, 5.74) is -0.0814. The van der Waals surface area contributed by atoms with Crippen LogP contribution in [0.5, 0.6) is 5.75 Å². The first kappa shape index (κ1) is 21.1. The van der Waals surface area contributed by atoms with Gasteiger partial charge in [-0.3, -0.25) is 0 Å². The van der Waals surface area contributed by atoms with E-state index in [0.717, 1.165) is 17.2 Å². The molecule has 1 aliphatic rings. The lowest BCUT2D eigenvalue weighted by Crippen LogP contribution is -2.47. The lowest BCUT2D eigenvalue weighted by atomic mass is 9.94. The Balaban J connectivity index is 1.94. The third-order valence-electron chi connectivity index (χ3n) is 3.83. The quantitative estimate of drug-likeness (QED) is 0.773. The Morgan fingerprint density at radius 2 is 1.89 bits per heavy atom. The Bertz CT molecular complexity index is 678. The van der Waals surface area contributed by atoms with Crippen LogP contribution < -0.4 is 10.1 Å². The number of alkyl halides is 6. The third kappa shape index (κ3) is 6.15. The molecule has 0 aromatic heterocycles. The van der Waals surface area contributed by atoms with Gasteiger partial charge in [-0.15, -0.1) is 18.2 Å². The van der Waals surface area contributed by atoms with Crippen molar-refractivity contribution in [3.05, 3.63) is 24.0 Å². The molecule has 152 valence electrons. The summed E-state index contributed by atoms with van der Waals surface area (Å²) in [7, 11) is 0. The number of carbonyl (C=O) groups excluding carboxylic acids is 1. The van der Waals surface area contributed by atoms with Crippen molar-refractivity contribution in [2.75, 3.05) is 18.4 Å². The van der Waals surface area contributed by atoms with Gasteiger partial charge in [-0.2, -0.15) is 13.2 Å². The van der Waals surface area contributed by atoms with Crippen LogP contribution in [-0.4, -0.2) is 42.7 Å². The number of carbonyl (C=O) groups is 1. The summed E-state index contributed by atoms with van der Waals surface area (Å²) < 4.78 is 90.6. The van der Waals surface area contributed by atoms with Crippen LogP contribution in [-0.2, 0) is 9.63 Å². The van der Waals surface area contributed by atoms with Gasteiger partial charge in [0.05, 0.1) is 5.69 Å². The molecule has 1 saturated heterocycles. The normalized spacial score (nSPS) is 21.6. The predicted octanol–water partition coefficient (Wildman–Crippen LogP) is 3.87. The molecule has 1 N–H and O–H groups in total. The zero-order chi connectivity index (χ0) is 20.4. The number of rotatable bonds is 4. The number of hydrogen-bond donors (Lipinski definition) is 1. The maximum absolute atomic E-state index is 14.0. The summed E-state index contributed by atoms with van der Waals surface area (Å²) >= 11 is 0. The van der Waals surface area contributed by atoms with Crippen LogP contribution in [0.1, 0.15) is 13.3 Å². The van der Waals surface area contributed by atoms with Crippen LogP contribution in [0, 0.1) is 11.7 Å². The maximum Gasteiger partial charge on any atom is 0.573 e. The molecule has 2 unspecified atom stereocenters. The minimum Gasteiger partial charge on any atom is -0.406 e. The molecule has 12 heteroatoms. The Hall–Kier alpha value is -2.24. The van der Waals surface area contributed by atoms with Crippen molar-refractivity contribution >= 4 is 11.7 Å². The maximum atomic E-state index is 14.0. The molecule has 2 atom stereocenters. The fraction of sp³-hybridized carbons (Fsp3) is 0.533. The smallest absolute Gasteiger partial charge is 0.406 e. The van der Waals surface area contributed by atoms with Crippen molar-refractivity contribution in [1.82, 2.24) is 5.06 Å². The zero-order valence-electron chi connectivity index (χ0n) is 13.8. The summed E-state index contributed by atoms with van der Waals surface area (Å²) in [4.78, 5) is 15.1. The molecule has 1 aromatic carbocycles. The third-order valence-corrected chi connectivity index (χ3v) is 3.83. The van der Waals surface area contributed by atoms with Gasteiger partial charge in [-0.25, -0.2) is 9.18 Å². The van der Waals surface area contributed by atoms with E-state index in [4.69, 9.17) is 0 Å². The SMILES string of the molecule is CC1CN(OC(=O)C(F)(F)F)CCC1Nc1ccc(OC(F)(F)F)cc1F. The monoisotopic (exact) mass is 404 g/mol. The van der Waals surface area contributed by atoms with E-state index in [1.807, 2.05) is 0 Å². The number of benzene rings is 1. The first-order valence-electron chi connectivity index (χ1n) is 7.71. The van der Waals surface area contributed by atoms with Gasteiger partial charge in [0, 0.05) is 25.2 Å². The van der Waals surface area contributed by atoms with E-state index in [1.54, 1.807) is 6.92 Å². The number of hydrogen-bond acceptors (Lipinski definition) is 5. The van der Waals surface area contributed by atoms with Gasteiger partial charge in [-0.1, -0.05) is 6.92 Å². The standard InChI is InChI=1S/C15H15F7N2O3/c1-8-7-24(27-13(25)14(17,18)19)5-4-11(8)23-12-3-2-9(6-10(12)16)26-15(20,21)22/h2-3,6,8,11,23H,4-5,7H2,1H3. The molecular formula is C15H15F7N2O3. The fourth-order valence-electron chi connectivity index (χ4n) is 2.58. The highest BCUT2D eigenvalue weighted by atomic mass is 19.4. The number of hydroxylamine groups is 2. The second-order valence-corrected chi connectivity index (χ2v) is 5.97. The highest BCUT2D eigenvalue weighted by molar-refractivity contribution is 5.75. The van der Waals surface area contributed by atoms with E-state index in [0.29, 0.717) is 6.07 Å². The molecule has 27 heavy (non-hydrogen) atoms. The van der Waals surface area contributed by atoms with Crippen molar-refractivity contribution in [3.8, 4) is 5.75 Å². The Morgan fingerprint density at radius 1 is 1.22 bits per heavy atom. The van der Waals surface area contributed by atoms with Gasteiger partial charge in [0.2, 0.25) is 0 Å². The van der Waals surface area contributed by atoms with Crippen molar-refractivity contribution in [2.24, 2.45) is 5.92 Å². The highest BCUT2D eigenvalue weighted by Gasteiger charge is 2.43. The predicted molar refractivity (Wildman–Crippen MR) is 78.0 cm³/mol. The second kappa shape index (κ2) is 7.79. The molecule has 0 bridgehead atoms. The van der Waals surface area contributed by atoms with E-state index >= 15 is 0 Å². The molecule has 1 aliphatic heterocycles. The molecule has 1 fully saturated rings. The summed E-state index contributed by atoms with van der Waals surface area (Å²) in [6, 6.07) is 2.18. The molecule has 5 nitrogen and oxygen atoms in total. The molecular weight excluding hydrogens is 389 g/mol. The number of nitrogens with zero attached hydrogens (tertiary/aromatic N) is 1. The summed E-state index contributed by atoms with van der Waals surface area (Å²) in [6.45, 7) is 1.58. The number of halogens is 7. The van der Waals surface area contributed by atoms with Crippen LogP contribution in [0.15, 0.2) is 18.2 Å². The van der Waals surface area contributed by atoms with E-state index in [1.165, 1.54) is 0 Å². The van der Waals surface area contributed by atoms with Crippen LogP contribution in [0.4, 0.5) is 36.4 Å². The average Bonchev–Trinajstić information content (AvgIpc) is 2.49. The first-order chi connectivity index (χ1) is 12.3. The van der Waals surface area contributed by atoms with E-state index in [9.17, 15) is 35.5 Å². The van der Waals surface area contributed by atoms with Crippen LogP contribution in [0.25, 0.3) is 0 Å². The van der Waals surface area contributed by atoms with Crippen molar-refractivity contribution < 1.29 is 45.1 Å². The van der Waals surface area contributed by atoms with Gasteiger partial charge < -0.3 is 14.9 Å². The number of anilines is 1. The molecule has 2 rings (SSSR count). The summed E-state index contributed by atoms with van der Waals surface area (Å²) in [5, 5.41) is 3.66. The largest absolute Gasteiger partial charge is 0.573 e. The van der Waals surface area contributed by atoms with E-state index < -0.39 is 36.1 Å². The van der Waals surface area contributed by atoms with E-state index in [2.05, 4.69) is 14.9 Å². The van der Waals surface area contributed by atoms with Crippen LogP contribution >= 0.6 is 0 Å². The van der Waals surface area contributed by atoms with Crippen molar-refractivity contribution in [2.45, 2.75) is 31.9 Å². The second-order valence-electron chi connectivity index (χ2n) is 5.97. The van der Waals surface area contributed by atoms with Gasteiger partial charge >= 0.3 is 18.5 Å². The Kier molecular flexibility index (Phi) is 6.07. The van der Waals surface area contributed by atoms with Gasteiger partial charge in [0.1, 0.15) is 11.6 Å². The Labute approximate surface area is 149 Å². The fourth-order valence-corrected chi connectivity index (χ4v) is 2.58. The molecule has 0 saturated carbocycles. The van der Waals surface area contributed by atoms with Crippen LogP contribution in [0.2, 0.25) is 0 Å². The molecule has 0 amide bonds. The number of nitrogens with one attached hydrogen (secondary N) is 1. The molecule has 0 aliphatic carbocycles. The number of piperidine rings is 1. The zero-order valence-corrected chi connectivity index (χ0v) is 13.8. The Morgan fingerprint density at radius 3 is 2.41 bits per heavy atom. The van der Waals surface area contributed by atoms with Gasteiger partial charge in [0.15, 0.2) is 0 Å². The lowest BCUT2D eigenvalue weighted by Gasteiger charge is -2.36. The van der Waals surface area contributed by atoms with E-state index in [-0.39, 0.29) is 31.1 Å². The van der Waals surface area contributed by atoms with Gasteiger partial charge in [0.25, 0.3) is 0 Å². The van der Waals surface area contributed by atoms with Crippen molar-refractivity contribution in [1.29, 1.82) is 0 Å². The first-order valence-corrected chi connectivity index (χ1v) is 7.71. The molecule has 0 spiro atoms. The molecule has 1 aromatic rings. The average molecular weight is 404 g/mol. The van der Waals surface area contributed by atoms with Crippen LogP contribution in [0.3, 0.4) is 0 Å². The number of ether oxygens (including phenoxy) is 1. The lowest BCUT2D eigenvalue weighted by molar-refractivity contribution is -0.274. The summed E-state index contributed by atoms with van der Waals surface area (Å²) in [5.74, 6) is -4.36. The highest BCUT2D eigenvalue weighted by Crippen LogP contribution is 2.29. The molecule has 1 heterocycles. The topological polar surface area (TPSA) is 50.8 Å². The van der Waals surface area contributed by atoms with Gasteiger partial charge in [-0.05, 0) is 24.5 Å². The van der Waals surface area contributed by atoms with Crippen molar-refractivity contribution in [3.63, 3.8) is 0 Å². The minimum absolute atomic E-state index is 0.0271. The molecule has 0 radical (unpaired) electrons. The summed E-state index contributed by atoms with van der Waals surface area (Å²) in [6.07, 6.45) is -9.84. The minimum atomic E-state index is -5.11.